The van der Waals surface area contributed by atoms with Gasteiger partial charge in [0, 0.05) is 11.3 Å². The van der Waals surface area contributed by atoms with Crippen LogP contribution in [0.5, 0.6) is 0 Å². The summed E-state index contributed by atoms with van der Waals surface area (Å²) in [6.07, 6.45) is 16.7. The van der Waals surface area contributed by atoms with Gasteiger partial charge in [0.1, 0.15) is 0 Å². The van der Waals surface area contributed by atoms with Crippen LogP contribution in [-0.4, -0.2) is 8.92 Å². The maximum Gasteiger partial charge on any atom is -1.00 e. The Labute approximate surface area is 174 Å². The normalized spacial score (nSPS) is 16.0. The van der Waals surface area contributed by atoms with E-state index in [0.29, 0.717) is 5.41 Å². The van der Waals surface area contributed by atoms with E-state index in [1.165, 1.54) is 14.4 Å². The van der Waals surface area contributed by atoms with Gasteiger partial charge >= 0.3 is 41.3 Å². The van der Waals surface area contributed by atoms with Crippen LogP contribution in [0.15, 0.2) is 58.3 Å². The second kappa shape index (κ2) is 12.1. The summed E-state index contributed by atoms with van der Waals surface area (Å²) in [7, 11) is 0. The van der Waals surface area contributed by atoms with E-state index in [1.54, 1.807) is 24.2 Å². The van der Waals surface area contributed by atoms with Crippen molar-refractivity contribution in [3.8, 4) is 0 Å². The molecule has 0 aromatic rings. The number of nitrogens with zero attached hydrogens (tertiary/aromatic N) is 1. The average molecular weight is 443 g/mol. The first-order chi connectivity index (χ1) is 10.2. The van der Waals surface area contributed by atoms with Crippen LogP contribution in [0.4, 0.5) is 0 Å². The van der Waals surface area contributed by atoms with Gasteiger partial charge in [0.15, 0.2) is 0 Å². The molecule has 2 aliphatic carbocycles. The van der Waals surface area contributed by atoms with Crippen molar-refractivity contribution in [1.29, 1.82) is 0 Å². The van der Waals surface area contributed by atoms with E-state index < -0.39 is 0 Å². The summed E-state index contributed by atoms with van der Waals surface area (Å²) >= 11 is 1.55. The molecule has 1 nitrogen and oxygen atoms in total. The molecule has 24 heavy (non-hydrogen) atoms. The summed E-state index contributed by atoms with van der Waals surface area (Å²) in [5.74, 6) is 0. The molecule has 130 valence electrons. The van der Waals surface area contributed by atoms with Crippen molar-refractivity contribution in [2.45, 2.75) is 48.0 Å². The average Bonchev–Trinajstić information content (AvgIpc) is 3.01. The third kappa shape index (κ3) is 9.87. The minimum atomic E-state index is 0. The number of rotatable bonds is 0. The van der Waals surface area contributed by atoms with Gasteiger partial charge in [-0.1, -0.05) is 38.3 Å². The Balaban J connectivity index is 0. The van der Waals surface area contributed by atoms with Crippen LogP contribution in [0, 0.1) is 11.5 Å². The molecule has 0 saturated heterocycles. The van der Waals surface area contributed by atoms with Crippen molar-refractivity contribution in [2.75, 3.05) is 0 Å². The van der Waals surface area contributed by atoms with Crippen LogP contribution in [-0.2, 0) is 24.2 Å². The molecule has 0 unspecified atom stereocenters. The van der Waals surface area contributed by atoms with Crippen molar-refractivity contribution >= 4 is 8.92 Å². The van der Waals surface area contributed by atoms with E-state index in [1.807, 2.05) is 19.1 Å². The minimum Gasteiger partial charge on any atom is -1.00 e. The Morgan fingerprint density at radius 3 is 2.17 bits per heavy atom. The predicted molar refractivity (Wildman–Crippen MR) is 94.7 cm³/mol. The van der Waals surface area contributed by atoms with Crippen molar-refractivity contribution in [3.05, 3.63) is 59.4 Å². The fourth-order valence-electron chi connectivity index (χ4n) is 2.02. The second-order valence-electron chi connectivity index (χ2n) is 6.73. The van der Waals surface area contributed by atoms with E-state index in [-0.39, 0.29) is 24.8 Å². The zero-order valence-corrected chi connectivity index (χ0v) is 19.3. The van der Waals surface area contributed by atoms with E-state index in [9.17, 15) is 0 Å². The van der Waals surface area contributed by atoms with Crippen LogP contribution in [0.3, 0.4) is 0 Å². The van der Waals surface area contributed by atoms with Crippen molar-refractivity contribution in [1.82, 2.24) is 0 Å². The molecule has 0 spiro atoms. The number of hydrogen-bond acceptors (Lipinski definition) is 1. The molecule has 0 bridgehead atoms. The van der Waals surface area contributed by atoms with Gasteiger partial charge in [0.05, 0.1) is 5.70 Å². The zero-order chi connectivity index (χ0) is 16.8. The largest absolute Gasteiger partial charge is 1.00 e. The molecule has 0 amide bonds. The van der Waals surface area contributed by atoms with Crippen molar-refractivity contribution in [2.24, 2.45) is 10.4 Å². The van der Waals surface area contributed by atoms with Gasteiger partial charge in [0.2, 0.25) is 0 Å². The fourth-order valence-corrected chi connectivity index (χ4v) is 2.02. The first-order valence-corrected chi connectivity index (χ1v) is 8.88. The van der Waals surface area contributed by atoms with E-state index >= 15 is 0 Å². The summed E-state index contributed by atoms with van der Waals surface area (Å²) in [6, 6.07) is 0. The summed E-state index contributed by atoms with van der Waals surface area (Å²) < 4.78 is 1.51. The number of allylic oxidation sites excluding steroid dienone is 8. The van der Waals surface area contributed by atoms with Gasteiger partial charge in [-0.05, 0) is 19.1 Å². The van der Waals surface area contributed by atoms with Crippen molar-refractivity contribution < 1.29 is 49.0 Å². The standard InChI is InChI=1S/C9H13.C8H7N.C3H6.2ClH.Zr/c1-9(2,3)8-6-4-5-7-8;1-6-5-7-3-2-4-8(7)9-6;1-3-2;;;/h6-7H,4H2,1-3H3;2-5H,1H3;1-2H3;2*1H;/q-1;;;;;+2/p-2. The Morgan fingerprint density at radius 1 is 1.21 bits per heavy atom. The van der Waals surface area contributed by atoms with E-state index in [4.69, 9.17) is 0 Å². The topological polar surface area (TPSA) is 12.4 Å². The van der Waals surface area contributed by atoms with Gasteiger partial charge < -0.3 is 24.8 Å². The smallest absolute Gasteiger partial charge is 1.00 e. The van der Waals surface area contributed by atoms with E-state index in [2.05, 4.69) is 70.0 Å². The van der Waals surface area contributed by atoms with Gasteiger partial charge in [-0.25, -0.2) is 6.08 Å². The summed E-state index contributed by atoms with van der Waals surface area (Å²) in [6.45, 7) is 12.9. The molecular formula is C20H26Cl2NZr-. The minimum absolute atomic E-state index is 0. The number of fused-ring (bicyclic) bond motifs is 1. The van der Waals surface area contributed by atoms with Crippen LogP contribution in [0.1, 0.15) is 48.0 Å². The van der Waals surface area contributed by atoms with Crippen molar-refractivity contribution in [3.63, 3.8) is 0 Å². The molecule has 1 aliphatic heterocycles. The number of hydrogen-bond donors (Lipinski definition) is 0. The molecule has 3 aliphatic rings. The van der Waals surface area contributed by atoms with Gasteiger partial charge in [-0.15, -0.1) is 6.42 Å². The van der Waals surface area contributed by atoms with Gasteiger partial charge in [-0.2, -0.15) is 11.6 Å². The maximum absolute atomic E-state index is 4.27. The first kappa shape index (κ1) is 25.9. The molecular weight excluding hydrogens is 416 g/mol. The molecule has 0 N–H and O–H groups in total. The van der Waals surface area contributed by atoms with Gasteiger partial charge in [-0.3, -0.25) is 11.1 Å². The molecule has 1 heterocycles. The second-order valence-corrected chi connectivity index (χ2v) is 9.18. The summed E-state index contributed by atoms with van der Waals surface area (Å²) in [5, 5.41) is 0. The van der Waals surface area contributed by atoms with E-state index in [0.717, 1.165) is 17.8 Å². The Bertz CT molecular complexity index is 608. The molecule has 3 rings (SSSR count). The van der Waals surface area contributed by atoms with Crippen LogP contribution in [0.2, 0.25) is 0 Å². The molecule has 0 saturated carbocycles. The monoisotopic (exact) mass is 440 g/mol. The Hall–Kier alpha value is -0.297. The Morgan fingerprint density at radius 2 is 1.79 bits per heavy atom. The van der Waals surface area contributed by atoms with Gasteiger partial charge in [0.25, 0.3) is 0 Å². The first-order valence-electron chi connectivity index (χ1n) is 7.65. The molecule has 0 aromatic carbocycles. The van der Waals surface area contributed by atoms with Crippen LogP contribution >= 0.6 is 0 Å². The molecule has 0 fully saturated rings. The SMILES string of the molecule is CC(C)(C)C1=CC[C-]=C1.CC1=NC2=CC=CC2=C1.C[C](C)=[Zr+2].[Cl-].[Cl-]. The summed E-state index contributed by atoms with van der Waals surface area (Å²) in [5.41, 5.74) is 5.23. The molecule has 4 heteroatoms. The number of aliphatic imine (C=N–C) groups is 1. The molecule has 0 aromatic heterocycles. The maximum atomic E-state index is 4.27. The third-order valence-electron chi connectivity index (χ3n) is 3.05. The Kier molecular flexibility index (Phi) is 13.1. The third-order valence-corrected chi connectivity index (χ3v) is 3.05. The summed E-state index contributed by atoms with van der Waals surface area (Å²) in [4.78, 5) is 4.27. The van der Waals surface area contributed by atoms with Crippen LogP contribution in [0.25, 0.3) is 0 Å². The quantitative estimate of drug-likeness (QED) is 0.441. The molecule has 0 radical (unpaired) electrons. The zero-order valence-electron chi connectivity index (χ0n) is 15.4. The fraction of sp³-hybridized carbons (Fsp3) is 0.400. The molecule has 0 atom stereocenters. The van der Waals surface area contributed by atoms with Crippen LogP contribution < -0.4 is 24.8 Å². The number of halogens is 2. The predicted octanol–water partition coefficient (Wildman–Crippen LogP) is -0.684.